The SMILES string of the molecule is CNc1nc(-c2ccccc2Cl)c(C(C)N)s1. The van der Waals surface area contributed by atoms with E-state index in [0.717, 1.165) is 21.3 Å². The summed E-state index contributed by atoms with van der Waals surface area (Å²) in [4.78, 5) is 5.57. The van der Waals surface area contributed by atoms with Crippen molar-refractivity contribution < 1.29 is 0 Å². The van der Waals surface area contributed by atoms with Crippen molar-refractivity contribution in [1.82, 2.24) is 4.98 Å². The van der Waals surface area contributed by atoms with Crippen LogP contribution in [0.2, 0.25) is 5.02 Å². The number of aromatic nitrogens is 1. The summed E-state index contributed by atoms with van der Waals surface area (Å²) >= 11 is 7.76. The van der Waals surface area contributed by atoms with Crippen LogP contribution in [0.25, 0.3) is 11.3 Å². The molecular formula is C12H14ClN3S. The number of nitrogens with two attached hydrogens (primary N) is 1. The lowest BCUT2D eigenvalue weighted by Crippen LogP contribution is -2.04. The van der Waals surface area contributed by atoms with E-state index in [1.165, 1.54) is 0 Å². The van der Waals surface area contributed by atoms with Crippen molar-refractivity contribution in [2.24, 2.45) is 5.73 Å². The zero-order chi connectivity index (χ0) is 12.4. The molecule has 1 unspecified atom stereocenters. The smallest absolute Gasteiger partial charge is 0.183 e. The highest BCUT2D eigenvalue weighted by Gasteiger charge is 2.17. The lowest BCUT2D eigenvalue weighted by molar-refractivity contribution is 0.837. The van der Waals surface area contributed by atoms with Gasteiger partial charge in [-0.15, -0.1) is 0 Å². The van der Waals surface area contributed by atoms with E-state index in [2.05, 4.69) is 10.3 Å². The van der Waals surface area contributed by atoms with Gasteiger partial charge in [0.2, 0.25) is 0 Å². The van der Waals surface area contributed by atoms with E-state index < -0.39 is 0 Å². The third-order valence-electron chi connectivity index (χ3n) is 2.41. The van der Waals surface area contributed by atoms with Crippen molar-refractivity contribution in [2.45, 2.75) is 13.0 Å². The van der Waals surface area contributed by atoms with Gasteiger partial charge >= 0.3 is 0 Å². The topological polar surface area (TPSA) is 50.9 Å². The van der Waals surface area contributed by atoms with Crippen molar-refractivity contribution in [3.63, 3.8) is 0 Å². The zero-order valence-corrected chi connectivity index (χ0v) is 11.3. The lowest BCUT2D eigenvalue weighted by atomic mass is 10.1. The third-order valence-corrected chi connectivity index (χ3v) is 4.01. The summed E-state index contributed by atoms with van der Waals surface area (Å²) < 4.78 is 0. The maximum atomic E-state index is 6.19. The van der Waals surface area contributed by atoms with Gasteiger partial charge in [0.05, 0.1) is 10.6 Å². The van der Waals surface area contributed by atoms with E-state index in [0.29, 0.717) is 5.02 Å². The molecule has 1 atom stereocenters. The fourth-order valence-electron chi connectivity index (χ4n) is 1.59. The fraction of sp³-hybridized carbons (Fsp3) is 0.250. The Bertz CT molecular complexity index is 522. The van der Waals surface area contributed by atoms with E-state index >= 15 is 0 Å². The largest absolute Gasteiger partial charge is 0.365 e. The van der Waals surface area contributed by atoms with Gasteiger partial charge in [0.25, 0.3) is 0 Å². The van der Waals surface area contributed by atoms with Crippen LogP contribution in [0.1, 0.15) is 17.8 Å². The van der Waals surface area contributed by atoms with Gasteiger partial charge in [-0.3, -0.25) is 0 Å². The highest BCUT2D eigenvalue weighted by molar-refractivity contribution is 7.16. The molecule has 90 valence electrons. The monoisotopic (exact) mass is 267 g/mol. The van der Waals surface area contributed by atoms with Crippen molar-refractivity contribution in [2.75, 3.05) is 12.4 Å². The first-order valence-corrected chi connectivity index (χ1v) is 6.52. The van der Waals surface area contributed by atoms with Crippen LogP contribution >= 0.6 is 22.9 Å². The summed E-state index contributed by atoms with van der Waals surface area (Å²) in [5.41, 5.74) is 7.77. The predicted molar refractivity (Wildman–Crippen MR) is 74.7 cm³/mol. The lowest BCUT2D eigenvalue weighted by Gasteiger charge is -2.06. The minimum Gasteiger partial charge on any atom is -0.365 e. The molecule has 1 aromatic heterocycles. The molecule has 0 aliphatic carbocycles. The number of halogens is 1. The van der Waals surface area contributed by atoms with Gasteiger partial charge in [0.15, 0.2) is 5.13 Å². The molecule has 0 saturated heterocycles. The molecule has 5 heteroatoms. The Hall–Kier alpha value is -1.10. The second kappa shape index (κ2) is 5.04. The molecule has 0 bridgehead atoms. The van der Waals surface area contributed by atoms with Crippen LogP contribution in [0, 0.1) is 0 Å². The van der Waals surface area contributed by atoms with Gasteiger partial charge in [-0.25, -0.2) is 4.98 Å². The number of thiazole rings is 1. The first-order valence-electron chi connectivity index (χ1n) is 5.32. The van der Waals surface area contributed by atoms with Crippen molar-refractivity contribution in [3.05, 3.63) is 34.2 Å². The molecule has 2 rings (SSSR count). The van der Waals surface area contributed by atoms with Gasteiger partial charge in [0.1, 0.15) is 0 Å². The van der Waals surface area contributed by atoms with Crippen LogP contribution in [0.4, 0.5) is 5.13 Å². The first kappa shape index (κ1) is 12.4. The average molecular weight is 268 g/mol. The van der Waals surface area contributed by atoms with Gasteiger partial charge in [-0.05, 0) is 13.0 Å². The molecule has 0 aliphatic heterocycles. The fourth-order valence-corrected chi connectivity index (χ4v) is 2.70. The van der Waals surface area contributed by atoms with Crippen molar-refractivity contribution in [3.8, 4) is 11.3 Å². The molecule has 3 nitrogen and oxygen atoms in total. The summed E-state index contributed by atoms with van der Waals surface area (Å²) in [6, 6.07) is 7.62. The standard InChI is InChI=1S/C12H14ClN3S/c1-7(14)11-10(16-12(15-2)17-11)8-5-3-4-6-9(8)13/h3-7H,14H2,1-2H3,(H,15,16). The Morgan fingerprint density at radius 2 is 2.12 bits per heavy atom. The van der Waals surface area contributed by atoms with Gasteiger partial charge in [-0.1, -0.05) is 41.1 Å². The molecular weight excluding hydrogens is 254 g/mol. The Balaban J connectivity index is 2.58. The van der Waals surface area contributed by atoms with Crippen LogP contribution in [0.5, 0.6) is 0 Å². The number of nitrogens with zero attached hydrogens (tertiary/aromatic N) is 1. The number of anilines is 1. The Kier molecular flexibility index (Phi) is 3.66. The summed E-state index contributed by atoms with van der Waals surface area (Å²) in [7, 11) is 1.85. The highest BCUT2D eigenvalue weighted by Crippen LogP contribution is 2.37. The van der Waals surface area contributed by atoms with Crippen molar-refractivity contribution >= 4 is 28.1 Å². The molecule has 0 saturated carbocycles. The second-order valence-electron chi connectivity index (χ2n) is 3.75. The van der Waals surface area contributed by atoms with Crippen molar-refractivity contribution in [1.29, 1.82) is 0 Å². The Labute approximate surface area is 110 Å². The molecule has 0 spiro atoms. The Morgan fingerprint density at radius 3 is 2.71 bits per heavy atom. The molecule has 1 aromatic carbocycles. The number of rotatable bonds is 3. The van der Waals surface area contributed by atoms with Crippen LogP contribution in [0.3, 0.4) is 0 Å². The first-order chi connectivity index (χ1) is 8.13. The molecule has 0 radical (unpaired) electrons. The number of nitrogens with one attached hydrogen (secondary N) is 1. The summed E-state index contributed by atoms with van der Waals surface area (Å²) in [6.07, 6.45) is 0. The normalized spacial score (nSPS) is 12.5. The third kappa shape index (κ3) is 2.44. The van der Waals surface area contributed by atoms with Crippen LogP contribution in [-0.4, -0.2) is 12.0 Å². The maximum Gasteiger partial charge on any atom is 0.183 e. The minimum atomic E-state index is -0.0547. The van der Waals surface area contributed by atoms with E-state index in [-0.39, 0.29) is 6.04 Å². The molecule has 1 heterocycles. The molecule has 0 aliphatic rings. The van der Waals surface area contributed by atoms with Gasteiger partial charge in [-0.2, -0.15) is 0 Å². The van der Waals surface area contributed by atoms with E-state index in [4.69, 9.17) is 17.3 Å². The quantitative estimate of drug-likeness (QED) is 0.895. The molecule has 3 N–H and O–H groups in total. The predicted octanol–water partition coefficient (Wildman–Crippen LogP) is 3.52. The van der Waals surface area contributed by atoms with E-state index in [1.807, 2.05) is 38.2 Å². The summed E-state index contributed by atoms with van der Waals surface area (Å²) in [6.45, 7) is 1.95. The minimum absolute atomic E-state index is 0.0547. The number of benzene rings is 1. The zero-order valence-electron chi connectivity index (χ0n) is 9.70. The molecule has 2 aromatic rings. The van der Waals surface area contributed by atoms with Crippen LogP contribution in [-0.2, 0) is 0 Å². The van der Waals surface area contributed by atoms with E-state index in [1.54, 1.807) is 11.3 Å². The molecule has 17 heavy (non-hydrogen) atoms. The number of hydrogen-bond acceptors (Lipinski definition) is 4. The van der Waals surface area contributed by atoms with Crippen LogP contribution in [0.15, 0.2) is 24.3 Å². The van der Waals surface area contributed by atoms with Gasteiger partial charge in [0, 0.05) is 23.7 Å². The number of hydrogen-bond donors (Lipinski definition) is 2. The second-order valence-corrected chi connectivity index (χ2v) is 5.19. The van der Waals surface area contributed by atoms with Crippen LogP contribution < -0.4 is 11.1 Å². The molecule has 0 fully saturated rings. The highest BCUT2D eigenvalue weighted by atomic mass is 35.5. The van der Waals surface area contributed by atoms with Gasteiger partial charge < -0.3 is 11.1 Å². The summed E-state index contributed by atoms with van der Waals surface area (Å²) in [5.74, 6) is 0. The van der Waals surface area contributed by atoms with E-state index in [9.17, 15) is 0 Å². The molecule has 0 amide bonds. The average Bonchev–Trinajstić information content (AvgIpc) is 2.73. The summed E-state index contributed by atoms with van der Waals surface area (Å²) in [5, 5.41) is 4.59. The Morgan fingerprint density at radius 1 is 1.41 bits per heavy atom. The maximum absolute atomic E-state index is 6.19.